The third-order valence-corrected chi connectivity index (χ3v) is 5.00. The summed E-state index contributed by atoms with van der Waals surface area (Å²) in [5.74, 6) is -0.659. The third-order valence-electron chi connectivity index (χ3n) is 2.95. The summed E-state index contributed by atoms with van der Waals surface area (Å²) in [7, 11) is 0. The lowest BCUT2D eigenvalue weighted by Gasteiger charge is -2.07. The first kappa shape index (κ1) is 18.5. The molecule has 0 aliphatic heterocycles. The van der Waals surface area contributed by atoms with Crippen LogP contribution in [0.4, 0.5) is 5.13 Å². The normalized spacial score (nSPS) is 10.7. The average Bonchev–Trinajstić information content (AvgIpc) is 2.87. The highest BCUT2D eigenvalue weighted by molar-refractivity contribution is 7.99. The fourth-order valence-corrected chi connectivity index (χ4v) is 3.74. The van der Waals surface area contributed by atoms with Gasteiger partial charge in [-0.05, 0) is 32.0 Å². The van der Waals surface area contributed by atoms with Crippen LogP contribution in [0.1, 0.15) is 46.5 Å². The lowest BCUT2D eigenvalue weighted by atomic mass is 10.2. The van der Waals surface area contributed by atoms with E-state index >= 15 is 0 Å². The Kier molecular flexibility index (Phi) is 6.39. The van der Waals surface area contributed by atoms with Crippen LogP contribution in [0.15, 0.2) is 29.2 Å². The van der Waals surface area contributed by atoms with E-state index in [0.29, 0.717) is 33.1 Å². The fourth-order valence-electron chi connectivity index (χ4n) is 1.99. The van der Waals surface area contributed by atoms with Crippen LogP contribution in [0.25, 0.3) is 0 Å². The van der Waals surface area contributed by atoms with Crippen molar-refractivity contribution in [1.82, 2.24) is 4.98 Å². The molecule has 1 amide bonds. The number of benzene rings is 1. The van der Waals surface area contributed by atoms with Crippen LogP contribution in [0.5, 0.6) is 0 Å². The predicted octanol–water partition coefficient (Wildman–Crippen LogP) is 4.38. The first-order valence-corrected chi connectivity index (χ1v) is 9.33. The predicted molar refractivity (Wildman–Crippen MR) is 98.2 cm³/mol. The van der Waals surface area contributed by atoms with Gasteiger partial charge in [-0.3, -0.25) is 10.1 Å². The minimum Gasteiger partial charge on any atom is -0.462 e. The molecule has 0 unspecified atom stereocenters. The van der Waals surface area contributed by atoms with Gasteiger partial charge in [-0.25, -0.2) is 9.78 Å². The van der Waals surface area contributed by atoms with Crippen LogP contribution in [0.3, 0.4) is 0 Å². The first-order valence-electron chi connectivity index (χ1n) is 7.63. The van der Waals surface area contributed by atoms with Crippen molar-refractivity contribution in [3.63, 3.8) is 0 Å². The number of esters is 1. The lowest BCUT2D eigenvalue weighted by molar-refractivity contribution is 0.0531. The van der Waals surface area contributed by atoms with Gasteiger partial charge in [0.25, 0.3) is 5.91 Å². The number of nitrogens with one attached hydrogen (secondary N) is 1. The molecule has 0 aliphatic carbocycles. The lowest BCUT2D eigenvalue weighted by Crippen LogP contribution is -2.11. The van der Waals surface area contributed by atoms with E-state index in [-0.39, 0.29) is 5.91 Å². The highest BCUT2D eigenvalue weighted by Crippen LogP contribution is 2.26. The Labute approximate surface area is 149 Å². The van der Waals surface area contributed by atoms with Gasteiger partial charge in [0.05, 0.1) is 12.3 Å². The quantitative estimate of drug-likeness (QED) is 0.608. The number of anilines is 1. The van der Waals surface area contributed by atoms with E-state index in [4.69, 9.17) is 4.74 Å². The van der Waals surface area contributed by atoms with Gasteiger partial charge in [0.1, 0.15) is 4.88 Å². The zero-order valence-electron chi connectivity index (χ0n) is 14.1. The molecule has 1 N–H and O–H groups in total. The van der Waals surface area contributed by atoms with Crippen molar-refractivity contribution in [3.05, 3.63) is 40.4 Å². The summed E-state index contributed by atoms with van der Waals surface area (Å²) >= 11 is 2.82. The molecule has 24 heavy (non-hydrogen) atoms. The third kappa shape index (κ3) is 4.82. The number of amides is 1. The maximum Gasteiger partial charge on any atom is 0.350 e. The number of rotatable bonds is 6. The Morgan fingerprint density at radius 3 is 2.79 bits per heavy atom. The number of aryl methyl sites for hydroxylation is 1. The molecule has 0 bridgehead atoms. The van der Waals surface area contributed by atoms with Crippen LogP contribution in [0.2, 0.25) is 0 Å². The van der Waals surface area contributed by atoms with Gasteiger partial charge in [0.2, 0.25) is 0 Å². The average molecular weight is 364 g/mol. The Morgan fingerprint density at radius 2 is 2.12 bits per heavy atom. The van der Waals surface area contributed by atoms with Gasteiger partial charge >= 0.3 is 5.97 Å². The number of carbonyl (C=O) groups excluding carboxylic acids is 2. The minimum atomic E-state index is -0.414. The van der Waals surface area contributed by atoms with Gasteiger partial charge < -0.3 is 4.74 Å². The monoisotopic (exact) mass is 364 g/mol. The van der Waals surface area contributed by atoms with Gasteiger partial charge in [0, 0.05) is 15.7 Å². The second-order valence-corrected chi connectivity index (χ2v) is 7.95. The number of aromatic nitrogens is 1. The van der Waals surface area contributed by atoms with Gasteiger partial charge in [0.15, 0.2) is 5.13 Å². The van der Waals surface area contributed by atoms with Crippen molar-refractivity contribution >= 4 is 40.1 Å². The molecular weight excluding hydrogens is 344 g/mol. The highest BCUT2D eigenvalue weighted by atomic mass is 32.2. The zero-order valence-corrected chi connectivity index (χ0v) is 15.7. The number of ether oxygens (including phenoxy) is 1. The van der Waals surface area contributed by atoms with Crippen molar-refractivity contribution in [1.29, 1.82) is 0 Å². The zero-order chi connectivity index (χ0) is 17.7. The highest BCUT2D eigenvalue weighted by Gasteiger charge is 2.18. The van der Waals surface area contributed by atoms with Gasteiger partial charge in [-0.15, -0.1) is 11.8 Å². The van der Waals surface area contributed by atoms with Crippen LogP contribution >= 0.6 is 23.1 Å². The van der Waals surface area contributed by atoms with Crippen molar-refractivity contribution in [2.24, 2.45) is 0 Å². The second-order valence-electron chi connectivity index (χ2n) is 5.30. The molecule has 128 valence electrons. The number of thioether (sulfide) groups is 1. The van der Waals surface area contributed by atoms with Gasteiger partial charge in [-0.2, -0.15) is 0 Å². The van der Waals surface area contributed by atoms with Crippen LogP contribution in [-0.4, -0.2) is 28.7 Å². The molecule has 0 saturated heterocycles. The summed E-state index contributed by atoms with van der Waals surface area (Å²) in [5.41, 5.74) is 1.11. The standard InChI is InChI=1S/C17H20N2O3S2/c1-5-22-16(21)14-11(4)18-17(24-14)19-15(20)12-7-6-8-13(9-12)23-10(2)3/h6-10H,5H2,1-4H3,(H,18,19,20). The first-order chi connectivity index (χ1) is 11.4. The molecule has 0 saturated carbocycles. The summed E-state index contributed by atoms with van der Waals surface area (Å²) in [4.78, 5) is 29.9. The van der Waals surface area contributed by atoms with Gasteiger partial charge in [-0.1, -0.05) is 31.3 Å². The number of thiazole rings is 1. The van der Waals surface area contributed by atoms with E-state index in [2.05, 4.69) is 24.1 Å². The van der Waals surface area contributed by atoms with Crippen LogP contribution < -0.4 is 5.32 Å². The molecular formula is C17H20N2O3S2. The molecule has 0 fully saturated rings. The van der Waals surface area contributed by atoms with E-state index in [0.717, 1.165) is 16.2 Å². The second kappa shape index (κ2) is 8.30. The molecule has 7 heteroatoms. The van der Waals surface area contributed by atoms with Crippen LogP contribution in [-0.2, 0) is 4.74 Å². The maximum atomic E-state index is 12.4. The number of hydrogen-bond acceptors (Lipinski definition) is 6. The Hall–Kier alpha value is -1.86. The van der Waals surface area contributed by atoms with Crippen molar-refractivity contribution in [2.75, 3.05) is 11.9 Å². The molecule has 1 heterocycles. The Balaban J connectivity index is 2.12. The molecule has 2 rings (SSSR count). The summed E-state index contributed by atoms with van der Waals surface area (Å²) in [5, 5.41) is 3.58. The summed E-state index contributed by atoms with van der Waals surface area (Å²) < 4.78 is 4.98. The van der Waals surface area contributed by atoms with E-state index in [1.165, 1.54) is 0 Å². The van der Waals surface area contributed by atoms with Crippen molar-refractivity contribution in [2.45, 2.75) is 37.8 Å². The fraction of sp³-hybridized carbons (Fsp3) is 0.353. The molecule has 5 nitrogen and oxygen atoms in total. The largest absolute Gasteiger partial charge is 0.462 e. The SMILES string of the molecule is CCOC(=O)c1sc(NC(=O)c2cccc(SC(C)C)c2)nc1C. The van der Waals surface area contributed by atoms with E-state index in [9.17, 15) is 9.59 Å². The van der Waals surface area contributed by atoms with Crippen LogP contribution in [0, 0.1) is 6.92 Å². The molecule has 2 aromatic rings. The summed E-state index contributed by atoms with van der Waals surface area (Å²) in [6.07, 6.45) is 0. The van der Waals surface area contributed by atoms with E-state index in [1.807, 2.05) is 18.2 Å². The van der Waals surface area contributed by atoms with E-state index in [1.54, 1.807) is 31.7 Å². The number of nitrogens with zero attached hydrogens (tertiary/aromatic N) is 1. The molecule has 0 radical (unpaired) electrons. The number of hydrogen-bond donors (Lipinski definition) is 1. The minimum absolute atomic E-state index is 0.245. The molecule has 1 aromatic heterocycles. The number of carbonyl (C=O) groups is 2. The summed E-state index contributed by atoms with van der Waals surface area (Å²) in [6.45, 7) is 7.98. The van der Waals surface area contributed by atoms with Crippen molar-refractivity contribution < 1.29 is 14.3 Å². The van der Waals surface area contributed by atoms with E-state index < -0.39 is 5.97 Å². The molecule has 0 aliphatic rings. The summed E-state index contributed by atoms with van der Waals surface area (Å²) in [6, 6.07) is 7.45. The van der Waals surface area contributed by atoms with Crippen molar-refractivity contribution in [3.8, 4) is 0 Å². The molecule has 1 aromatic carbocycles. The maximum absolute atomic E-state index is 12.4. The molecule has 0 spiro atoms. The smallest absolute Gasteiger partial charge is 0.350 e. The Morgan fingerprint density at radius 1 is 1.38 bits per heavy atom. The topological polar surface area (TPSA) is 68.3 Å². The Bertz CT molecular complexity index is 741. The molecule has 0 atom stereocenters.